The van der Waals surface area contributed by atoms with Crippen LogP contribution in [-0.4, -0.2) is 32.8 Å². The number of H-pyrrole nitrogens is 1. The van der Waals surface area contributed by atoms with Crippen LogP contribution < -0.4 is 0 Å². The molecule has 2 rings (SSSR count). The first kappa shape index (κ1) is 12.6. The van der Waals surface area contributed by atoms with Crippen LogP contribution in [0.15, 0.2) is 30.5 Å². The lowest BCUT2D eigenvalue weighted by Crippen LogP contribution is -2.30. The van der Waals surface area contributed by atoms with E-state index in [1.54, 1.807) is 11.0 Å². The highest BCUT2D eigenvalue weighted by Crippen LogP contribution is 2.13. The summed E-state index contributed by atoms with van der Waals surface area (Å²) in [7, 11) is 0. The third kappa shape index (κ3) is 2.87. The number of benzene rings is 1. The minimum absolute atomic E-state index is 0.147. The van der Waals surface area contributed by atoms with Crippen LogP contribution in [-0.2, 0) is 6.54 Å². The summed E-state index contributed by atoms with van der Waals surface area (Å²) in [5.41, 5.74) is 1.31. The quantitative estimate of drug-likeness (QED) is 0.920. The van der Waals surface area contributed by atoms with Crippen molar-refractivity contribution in [1.82, 2.24) is 20.3 Å². The summed E-state index contributed by atoms with van der Waals surface area (Å²) >= 11 is 5.92. The summed E-state index contributed by atoms with van der Waals surface area (Å²) in [6, 6.07) is 7.46. The predicted molar refractivity (Wildman–Crippen MR) is 68.2 cm³/mol. The van der Waals surface area contributed by atoms with Gasteiger partial charge in [0.05, 0.1) is 6.20 Å². The minimum atomic E-state index is -0.147. The lowest BCUT2D eigenvalue weighted by atomic mass is 10.2. The van der Waals surface area contributed by atoms with E-state index in [9.17, 15) is 4.79 Å². The fourth-order valence-electron chi connectivity index (χ4n) is 1.65. The zero-order chi connectivity index (χ0) is 13.0. The van der Waals surface area contributed by atoms with Gasteiger partial charge in [0.2, 0.25) is 0 Å². The number of hydrogen-bond acceptors (Lipinski definition) is 3. The molecule has 0 spiro atoms. The van der Waals surface area contributed by atoms with E-state index in [-0.39, 0.29) is 5.91 Å². The van der Waals surface area contributed by atoms with Gasteiger partial charge in [-0.05, 0) is 24.6 Å². The Morgan fingerprint density at radius 3 is 2.94 bits per heavy atom. The van der Waals surface area contributed by atoms with E-state index in [0.717, 1.165) is 5.56 Å². The van der Waals surface area contributed by atoms with Crippen molar-refractivity contribution in [2.45, 2.75) is 13.5 Å². The summed E-state index contributed by atoms with van der Waals surface area (Å²) in [5.74, 6) is -0.147. The van der Waals surface area contributed by atoms with E-state index in [1.165, 1.54) is 6.20 Å². The third-order valence-corrected chi connectivity index (χ3v) is 2.80. The van der Waals surface area contributed by atoms with Crippen molar-refractivity contribution in [3.63, 3.8) is 0 Å². The molecule has 0 aliphatic carbocycles. The molecular formula is C12H13ClN4O. The normalized spacial score (nSPS) is 10.3. The van der Waals surface area contributed by atoms with Crippen molar-refractivity contribution in [2.75, 3.05) is 6.54 Å². The topological polar surface area (TPSA) is 61.9 Å². The summed E-state index contributed by atoms with van der Waals surface area (Å²) < 4.78 is 0. The van der Waals surface area contributed by atoms with Gasteiger partial charge in [-0.2, -0.15) is 15.4 Å². The smallest absolute Gasteiger partial charge is 0.276 e. The standard InChI is InChI=1S/C12H13ClN4O/c1-2-17(12(18)11-7-14-16-15-11)8-9-4-3-5-10(13)6-9/h3-7H,2,8H2,1H3,(H,14,15,16). The third-order valence-electron chi connectivity index (χ3n) is 2.57. The van der Waals surface area contributed by atoms with Gasteiger partial charge < -0.3 is 4.90 Å². The number of aromatic nitrogens is 3. The molecule has 1 aromatic carbocycles. The minimum Gasteiger partial charge on any atom is -0.333 e. The zero-order valence-electron chi connectivity index (χ0n) is 9.93. The molecule has 0 aliphatic rings. The second-order valence-corrected chi connectivity index (χ2v) is 4.24. The Balaban J connectivity index is 2.12. The van der Waals surface area contributed by atoms with Gasteiger partial charge in [0.15, 0.2) is 5.69 Å². The van der Waals surface area contributed by atoms with Gasteiger partial charge in [-0.3, -0.25) is 4.79 Å². The van der Waals surface area contributed by atoms with E-state index in [2.05, 4.69) is 15.4 Å². The first-order chi connectivity index (χ1) is 8.70. The number of nitrogens with zero attached hydrogens (tertiary/aromatic N) is 3. The van der Waals surface area contributed by atoms with E-state index in [4.69, 9.17) is 11.6 Å². The van der Waals surface area contributed by atoms with Gasteiger partial charge in [-0.15, -0.1) is 0 Å². The second-order valence-electron chi connectivity index (χ2n) is 3.80. The average Bonchev–Trinajstić information content (AvgIpc) is 2.89. The molecule has 5 nitrogen and oxygen atoms in total. The molecule has 0 saturated heterocycles. The molecule has 1 amide bonds. The van der Waals surface area contributed by atoms with Crippen molar-refractivity contribution in [2.24, 2.45) is 0 Å². The Kier molecular flexibility index (Phi) is 3.94. The molecule has 1 aromatic heterocycles. The Bertz CT molecular complexity index is 527. The molecule has 0 atom stereocenters. The number of aromatic amines is 1. The SMILES string of the molecule is CCN(Cc1cccc(Cl)c1)C(=O)c1cn[nH]n1. The molecule has 0 aliphatic heterocycles. The predicted octanol–water partition coefficient (Wildman–Crippen LogP) is 2.12. The van der Waals surface area contributed by atoms with E-state index in [0.29, 0.717) is 23.8 Å². The Morgan fingerprint density at radius 2 is 2.33 bits per heavy atom. The number of carbonyl (C=O) groups is 1. The number of hydrogen-bond donors (Lipinski definition) is 1. The van der Waals surface area contributed by atoms with Gasteiger partial charge in [0, 0.05) is 18.1 Å². The monoisotopic (exact) mass is 264 g/mol. The lowest BCUT2D eigenvalue weighted by Gasteiger charge is -2.19. The number of rotatable bonds is 4. The van der Waals surface area contributed by atoms with E-state index >= 15 is 0 Å². The van der Waals surface area contributed by atoms with Crippen molar-refractivity contribution in [1.29, 1.82) is 0 Å². The molecule has 0 bridgehead atoms. The summed E-state index contributed by atoms with van der Waals surface area (Å²) in [6.45, 7) is 3.02. The second kappa shape index (κ2) is 5.64. The van der Waals surface area contributed by atoms with Crippen molar-refractivity contribution in [3.05, 3.63) is 46.7 Å². The molecule has 6 heteroatoms. The molecule has 0 saturated carbocycles. The van der Waals surface area contributed by atoms with Crippen molar-refractivity contribution < 1.29 is 4.79 Å². The van der Waals surface area contributed by atoms with Crippen LogP contribution in [0.4, 0.5) is 0 Å². The average molecular weight is 265 g/mol. The van der Waals surface area contributed by atoms with Crippen molar-refractivity contribution in [3.8, 4) is 0 Å². The molecule has 1 heterocycles. The number of halogens is 1. The van der Waals surface area contributed by atoms with Crippen LogP contribution >= 0.6 is 11.6 Å². The summed E-state index contributed by atoms with van der Waals surface area (Å²) in [6.07, 6.45) is 1.42. The summed E-state index contributed by atoms with van der Waals surface area (Å²) in [5, 5.41) is 10.5. The maximum absolute atomic E-state index is 12.1. The number of carbonyl (C=O) groups excluding carboxylic acids is 1. The van der Waals surface area contributed by atoms with Crippen LogP contribution in [0, 0.1) is 0 Å². The first-order valence-electron chi connectivity index (χ1n) is 5.60. The molecule has 1 N–H and O–H groups in total. The fraction of sp³-hybridized carbons (Fsp3) is 0.250. The highest BCUT2D eigenvalue weighted by atomic mass is 35.5. The van der Waals surface area contributed by atoms with Crippen LogP contribution in [0.1, 0.15) is 23.0 Å². The first-order valence-corrected chi connectivity index (χ1v) is 5.98. The van der Waals surface area contributed by atoms with Gasteiger partial charge in [-0.1, -0.05) is 23.7 Å². The lowest BCUT2D eigenvalue weighted by molar-refractivity contribution is 0.0746. The highest BCUT2D eigenvalue weighted by Gasteiger charge is 2.16. The van der Waals surface area contributed by atoms with Gasteiger partial charge in [0.25, 0.3) is 5.91 Å². The zero-order valence-corrected chi connectivity index (χ0v) is 10.7. The van der Waals surface area contributed by atoms with Crippen LogP contribution in [0.2, 0.25) is 5.02 Å². The maximum Gasteiger partial charge on any atom is 0.276 e. The van der Waals surface area contributed by atoms with Gasteiger partial charge >= 0.3 is 0 Å². The molecule has 0 unspecified atom stereocenters. The van der Waals surface area contributed by atoms with Crippen LogP contribution in [0.25, 0.3) is 0 Å². The molecule has 0 radical (unpaired) electrons. The van der Waals surface area contributed by atoms with Gasteiger partial charge in [0.1, 0.15) is 0 Å². The molecule has 94 valence electrons. The Morgan fingerprint density at radius 1 is 1.50 bits per heavy atom. The Hall–Kier alpha value is -1.88. The van der Waals surface area contributed by atoms with E-state index in [1.807, 2.05) is 25.1 Å². The largest absolute Gasteiger partial charge is 0.333 e. The molecule has 18 heavy (non-hydrogen) atoms. The highest BCUT2D eigenvalue weighted by molar-refractivity contribution is 6.30. The summed E-state index contributed by atoms with van der Waals surface area (Å²) in [4.78, 5) is 13.8. The number of nitrogens with one attached hydrogen (secondary N) is 1. The fourth-order valence-corrected chi connectivity index (χ4v) is 1.86. The van der Waals surface area contributed by atoms with Crippen LogP contribution in [0.5, 0.6) is 0 Å². The molecule has 0 fully saturated rings. The molecule has 2 aromatic rings. The maximum atomic E-state index is 12.1. The van der Waals surface area contributed by atoms with Gasteiger partial charge in [-0.25, -0.2) is 0 Å². The Labute approximate surface area is 110 Å². The van der Waals surface area contributed by atoms with Crippen molar-refractivity contribution >= 4 is 17.5 Å². The van der Waals surface area contributed by atoms with E-state index < -0.39 is 0 Å². The number of amides is 1. The van der Waals surface area contributed by atoms with Crippen LogP contribution in [0.3, 0.4) is 0 Å². The molecular weight excluding hydrogens is 252 g/mol.